The predicted molar refractivity (Wildman–Crippen MR) is 105 cm³/mol. The Kier molecular flexibility index (Phi) is 4.55. The van der Waals surface area contributed by atoms with Gasteiger partial charge >= 0.3 is 0 Å². The van der Waals surface area contributed by atoms with Crippen molar-refractivity contribution in [1.29, 1.82) is 0 Å². The molecule has 2 atom stereocenters. The van der Waals surface area contributed by atoms with Crippen LogP contribution >= 0.6 is 0 Å². The number of imidazole rings is 1. The Morgan fingerprint density at radius 3 is 2.70 bits per heavy atom. The number of fused-ring (bicyclic) bond motifs is 1. The van der Waals surface area contributed by atoms with Crippen molar-refractivity contribution in [2.75, 3.05) is 6.54 Å². The number of halogens is 2. The summed E-state index contributed by atoms with van der Waals surface area (Å²) in [7, 11) is 0. The fraction of sp³-hybridized carbons (Fsp3) is 0.250. The molecule has 0 amide bonds. The monoisotopic (exact) mass is 409 g/mol. The van der Waals surface area contributed by atoms with Gasteiger partial charge in [-0.2, -0.15) is 5.10 Å². The summed E-state index contributed by atoms with van der Waals surface area (Å²) in [5.74, 6) is -1.43. The van der Waals surface area contributed by atoms with Crippen molar-refractivity contribution >= 4 is 11.2 Å². The summed E-state index contributed by atoms with van der Waals surface area (Å²) in [5.41, 5.74) is 1.83. The van der Waals surface area contributed by atoms with E-state index in [4.69, 9.17) is 0 Å². The molecule has 2 unspecified atom stereocenters. The summed E-state index contributed by atoms with van der Waals surface area (Å²) in [6.45, 7) is 0.805. The third-order valence-corrected chi connectivity index (χ3v) is 5.25. The van der Waals surface area contributed by atoms with Gasteiger partial charge in [-0.3, -0.25) is 4.79 Å². The Morgan fingerprint density at radius 2 is 1.93 bits per heavy atom. The molecule has 152 valence electrons. The normalized spacial score (nSPS) is 17.5. The van der Waals surface area contributed by atoms with Crippen molar-refractivity contribution in [1.82, 2.24) is 35.0 Å². The number of hydrogen-bond acceptors (Lipinski definition) is 6. The zero-order valence-corrected chi connectivity index (χ0v) is 15.7. The molecule has 2 N–H and O–H groups in total. The topological polar surface area (TPSA) is 101 Å². The first-order valence-electron chi connectivity index (χ1n) is 9.54. The van der Waals surface area contributed by atoms with E-state index in [0.29, 0.717) is 16.9 Å². The molecule has 1 aliphatic rings. The minimum atomic E-state index is -0.715. The summed E-state index contributed by atoms with van der Waals surface area (Å²) in [4.78, 5) is 28.7. The maximum atomic E-state index is 13.7. The second-order valence-corrected chi connectivity index (χ2v) is 7.17. The number of benzene rings is 1. The second kappa shape index (κ2) is 7.38. The van der Waals surface area contributed by atoms with Crippen LogP contribution in [0.25, 0.3) is 22.4 Å². The molecule has 3 aromatic heterocycles. The minimum Gasteiger partial charge on any atom is -0.329 e. The first-order valence-corrected chi connectivity index (χ1v) is 9.54. The fourth-order valence-corrected chi connectivity index (χ4v) is 3.94. The number of rotatable bonds is 4. The zero-order chi connectivity index (χ0) is 20.7. The highest BCUT2D eigenvalue weighted by atomic mass is 19.1. The Hall–Kier alpha value is -3.53. The van der Waals surface area contributed by atoms with Gasteiger partial charge in [0.2, 0.25) is 0 Å². The van der Waals surface area contributed by atoms with E-state index in [1.54, 1.807) is 0 Å². The molecule has 4 heterocycles. The van der Waals surface area contributed by atoms with Gasteiger partial charge in [0.05, 0.1) is 17.7 Å². The van der Waals surface area contributed by atoms with Crippen LogP contribution in [-0.4, -0.2) is 42.3 Å². The number of nitrogens with one attached hydrogen (secondary N) is 2. The van der Waals surface area contributed by atoms with E-state index >= 15 is 0 Å². The van der Waals surface area contributed by atoms with Crippen molar-refractivity contribution in [2.24, 2.45) is 0 Å². The molecule has 0 spiro atoms. The molecule has 8 nitrogen and oxygen atoms in total. The van der Waals surface area contributed by atoms with Crippen LogP contribution in [-0.2, 0) is 0 Å². The molecule has 1 aliphatic heterocycles. The lowest BCUT2D eigenvalue weighted by atomic mass is 10.0. The molecule has 10 heteroatoms. The maximum Gasteiger partial charge on any atom is 0.267 e. The van der Waals surface area contributed by atoms with Gasteiger partial charge in [-0.05, 0) is 37.6 Å². The van der Waals surface area contributed by atoms with Crippen LogP contribution in [0.2, 0.25) is 0 Å². The van der Waals surface area contributed by atoms with Gasteiger partial charge in [-0.1, -0.05) is 0 Å². The van der Waals surface area contributed by atoms with Crippen molar-refractivity contribution in [3.8, 4) is 11.3 Å². The number of hydrogen-bond donors (Lipinski definition) is 2. The molecule has 30 heavy (non-hydrogen) atoms. The zero-order valence-electron chi connectivity index (χ0n) is 15.7. The Balaban J connectivity index is 1.70. The Morgan fingerprint density at radius 1 is 1.10 bits per heavy atom. The van der Waals surface area contributed by atoms with Crippen molar-refractivity contribution in [3.63, 3.8) is 0 Å². The van der Waals surface area contributed by atoms with Crippen LogP contribution in [0.4, 0.5) is 8.78 Å². The van der Waals surface area contributed by atoms with E-state index in [1.165, 1.54) is 41.6 Å². The largest absolute Gasteiger partial charge is 0.329 e. The second-order valence-electron chi connectivity index (χ2n) is 7.17. The molecular formula is C20H17F2N7O. The summed E-state index contributed by atoms with van der Waals surface area (Å²) >= 11 is 0. The molecular weight excluding hydrogens is 392 g/mol. The average Bonchev–Trinajstić information content (AvgIpc) is 3.41. The van der Waals surface area contributed by atoms with Crippen LogP contribution in [0.5, 0.6) is 0 Å². The van der Waals surface area contributed by atoms with E-state index in [1.807, 2.05) is 0 Å². The number of nitrogens with zero attached hydrogens (tertiary/aromatic N) is 5. The van der Waals surface area contributed by atoms with Crippen LogP contribution in [0.1, 0.15) is 24.6 Å². The molecule has 0 bridgehead atoms. The van der Waals surface area contributed by atoms with Gasteiger partial charge < -0.3 is 10.3 Å². The number of aromatic nitrogens is 6. The minimum absolute atomic E-state index is 0.107. The smallest absolute Gasteiger partial charge is 0.267 e. The maximum absolute atomic E-state index is 13.7. The first-order chi connectivity index (χ1) is 14.6. The van der Waals surface area contributed by atoms with E-state index in [0.717, 1.165) is 25.5 Å². The fourth-order valence-electron chi connectivity index (χ4n) is 3.94. The lowest BCUT2D eigenvalue weighted by molar-refractivity contribution is 0.385. The Bertz CT molecular complexity index is 1260. The summed E-state index contributed by atoms with van der Waals surface area (Å²) < 4.78 is 28.8. The standard InChI is InChI=1S/C20H17F2N7O/c21-12-6-11(7-13(22)8-12)14-3-4-16(30)29(28-14)19(15-2-1-5-23-15)17-18-20(26-9-24-17)27-10-25-18/h3-4,6-10,15,19,23H,1-2,5H2,(H,24,25,26,27). The molecule has 4 aromatic rings. The van der Waals surface area contributed by atoms with E-state index in [2.05, 4.69) is 30.4 Å². The highest BCUT2D eigenvalue weighted by Gasteiger charge is 2.32. The van der Waals surface area contributed by atoms with Gasteiger partial charge in [0.25, 0.3) is 5.56 Å². The van der Waals surface area contributed by atoms with Crippen LogP contribution < -0.4 is 10.9 Å². The van der Waals surface area contributed by atoms with Gasteiger partial charge in [-0.15, -0.1) is 0 Å². The molecule has 5 rings (SSSR count). The number of aromatic amines is 1. The van der Waals surface area contributed by atoms with Crippen molar-refractivity contribution in [2.45, 2.75) is 24.9 Å². The molecule has 0 aliphatic carbocycles. The summed E-state index contributed by atoms with van der Waals surface area (Å²) in [5, 5.41) is 7.87. The average molecular weight is 409 g/mol. The molecule has 1 aromatic carbocycles. The van der Waals surface area contributed by atoms with Crippen LogP contribution in [0.3, 0.4) is 0 Å². The Labute approximate surface area is 169 Å². The third-order valence-electron chi connectivity index (χ3n) is 5.25. The van der Waals surface area contributed by atoms with Gasteiger partial charge in [-0.25, -0.2) is 28.4 Å². The van der Waals surface area contributed by atoms with Crippen molar-refractivity contribution < 1.29 is 8.78 Å². The summed E-state index contributed by atoms with van der Waals surface area (Å²) in [6.07, 6.45) is 4.69. The molecule has 0 saturated carbocycles. The van der Waals surface area contributed by atoms with Gasteiger partial charge in [0.1, 0.15) is 29.5 Å². The molecule has 0 radical (unpaired) electrons. The van der Waals surface area contributed by atoms with Crippen molar-refractivity contribution in [3.05, 3.63) is 70.7 Å². The van der Waals surface area contributed by atoms with Crippen LogP contribution in [0, 0.1) is 11.6 Å². The molecule has 1 fully saturated rings. The quantitative estimate of drug-likeness (QED) is 0.536. The van der Waals surface area contributed by atoms with E-state index in [-0.39, 0.29) is 22.9 Å². The van der Waals surface area contributed by atoms with Crippen LogP contribution in [0.15, 0.2) is 47.8 Å². The SMILES string of the molecule is O=c1ccc(-c2cc(F)cc(F)c2)nn1C(c1ncnc2[nH]cnc12)C1CCCN1. The predicted octanol–water partition coefficient (Wildman–Crippen LogP) is 2.20. The number of H-pyrrole nitrogens is 1. The van der Waals surface area contributed by atoms with E-state index < -0.39 is 17.7 Å². The summed E-state index contributed by atoms with van der Waals surface area (Å²) in [6, 6.07) is 5.28. The lowest BCUT2D eigenvalue weighted by Gasteiger charge is -2.25. The van der Waals surface area contributed by atoms with Gasteiger partial charge in [0.15, 0.2) is 5.65 Å². The highest BCUT2D eigenvalue weighted by Crippen LogP contribution is 2.28. The van der Waals surface area contributed by atoms with Gasteiger partial charge in [0, 0.05) is 23.7 Å². The van der Waals surface area contributed by atoms with E-state index in [9.17, 15) is 13.6 Å². The third kappa shape index (κ3) is 3.24. The highest BCUT2D eigenvalue weighted by molar-refractivity contribution is 5.72. The molecule has 1 saturated heterocycles. The first kappa shape index (κ1) is 18.5. The lowest BCUT2D eigenvalue weighted by Crippen LogP contribution is -2.40.